The number of fused-ring (bicyclic) bond motifs is 1. The first kappa shape index (κ1) is 27.9. The van der Waals surface area contributed by atoms with E-state index in [1.165, 1.54) is 22.3 Å². The number of nitrogens with one attached hydrogen (secondary N) is 1. The summed E-state index contributed by atoms with van der Waals surface area (Å²) in [4.78, 5) is 13.1. The first-order valence-electron chi connectivity index (χ1n) is 14.4. The normalized spacial score (nSPS) is 20.2. The molecule has 0 aliphatic heterocycles. The number of rotatable bonds is 11. The van der Waals surface area contributed by atoms with Crippen molar-refractivity contribution in [3.63, 3.8) is 0 Å². The van der Waals surface area contributed by atoms with E-state index in [1.807, 2.05) is 30.3 Å². The minimum absolute atomic E-state index is 0.00930. The van der Waals surface area contributed by atoms with Gasteiger partial charge in [0, 0.05) is 28.8 Å². The van der Waals surface area contributed by atoms with Crippen molar-refractivity contribution in [2.24, 2.45) is 0 Å². The average molecular weight is 548 g/mol. The molecule has 3 heteroatoms. The first-order chi connectivity index (χ1) is 19.6. The van der Waals surface area contributed by atoms with Crippen molar-refractivity contribution in [3.05, 3.63) is 155 Å². The van der Waals surface area contributed by atoms with E-state index in [0.29, 0.717) is 12.1 Å². The van der Waals surface area contributed by atoms with Gasteiger partial charge in [-0.05, 0) is 72.9 Å². The van der Waals surface area contributed by atoms with Crippen molar-refractivity contribution in [1.29, 1.82) is 0 Å². The standard InChI is InChI=1S/C37H38ClNO/c38-35-27-37(28-39-36(40)31-20-10-3-11-21-31,26-14-4-9-17-29-15-5-1-6-16-29)34-23-13-12-22-32(34)33(35)25-24-30-18-7-2-8-19-30/h1-8,10-16,18-23,33,35H,9,17,24-28H2,(H,39,40)/b14-4+/t33-,35-,37+/m1/s1. The Morgan fingerprint density at radius 2 is 1.38 bits per heavy atom. The molecule has 40 heavy (non-hydrogen) atoms. The van der Waals surface area contributed by atoms with Crippen LogP contribution in [0.15, 0.2) is 127 Å². The maximum atomic E-state index is 13.1. The van der Waals surface area contributed by atoms with E-state index < -0.39 is 0 Å². The summed E-state index contributed by atoms with van der Waals surface area (Å²) in [6, 6.07) is 39.5. The number of aryl methyl sites for hydroxylation is 2. The summed E-state index contributed by atoms with van der Waals surface area (Å²) in [5.74, 6) is 0.237. The summed E-state index contributed by atoms with van der Waals surface area (Å²) >= 11 is 7.28. The molecule has 204 valence electrons. The summed E-state index contributed by atoms with van der Waals surface area (Å²) in [5, 5.41) is 3.27. The van der Waals surface area contributed by atoms with E-state index in [9.17, 15) is 4.79 Å². The molecule has 1 N–H and O–H groups in total. The highest BCUT2D eigenvalue weighted by atomic mass is 35.5. The maximum Gasteiger partial charge on any atom is 0.251 e. The van der Waals surface area contributed by atoms with Gasteiger partial charge in [0.25, 0.3) is 5.91 Å². The fourth-order valence-electron chi connectivity index (χ4n) is 6.12. The molecular weight excluding hydrogens is 510 g/mol. The van der Waals surface area contributed by atoms with Gasteiger partial charge in [-0.1, -0.05) is 115 Å². The third-order valence-electron chi connectivity index (χ3n) is 8.28. The Bertz CT molecular complexity index is 1390. The van der Waals surface area contributed by atoms with Crippen LogP contribution in [-0.4, -0.2) is 17.8 Å². The number of allylic oxidation sites excluding steroid dienone is 2. The summed E-state index contributed by atoms with van der Waals surface area (Å²) in [5.41, 5.74) is 5.77. The highest BCUT2D eigenvalue weighted by molar-refractivity contribution is 6.21. The lowest BCUT2D eigenvalue weighted by molar-refractivity contribution is 0.0940. The SMILES string of the molecule is O=C(NC[C@]1(C/C=C/CCc2ccccc2)C[C@@H](Cl)[C@H](CCc2ccccc2)c2ccccc21)c1ccccc1. The Balaban J connectivity index is 1.38. The largest absolute Gasteiger partial charge is 0.351 e. The van der Waals surface area contributed by atoms with E-state index in [1.54, 1.807) is 0 Å². The number of hydrogen-bond acceptors (Lipinski definition) is 1. The monoisotopic (exact) mass is 547 g/mol. The zero-order valence-electron chi connectivity index (χ0n) is 23.0. The average Bonchev–Trinajstić information content (AvgIpc) is 3.01. The number of carbonyl (C=O) groups excluding carboxylic acids is 1. The number of benzene rings is 4. The van der Waals surface area contributed by atoms with Gasteiger partial charge in [0.05, 0.1) is 0 Å². The van der Waals surface area contributed by atoms with Gasteiger partial charge in [0.2, 0.25) is 0 Å². The Morgan fingerprint density at radius 1 is 0.775 bits per heavy atom. The third kappa shape index (κ3) is 6.92. The lowest BCUT2D eigenvalue weighted by Crippen LogP contribution is -2.46. The van der Waals surface area contributed by atoms with E-state index in [2.05, 4.69) is 102 Å². The lowest BCUT2D eigenvalue weighted by Gasteiger charge is -2.44. The highest BCUT2D eigenvalue weighted by Crippen LogP contribution is 2.48. The molecule has 1 aliphatic carbocycles. The van der Waals surface area contributed by atoms with Gasteiger partial charge >= 0.3 is 0 Å². The smallest absolute Gasteiger partial charge is 0.251 e. The molecule has 2 nitrogen and oxygen atoms in total. The van der Waals surface area contributed by atoms with Crippen LogP contribution in [0.25, 0.3) is 0 Å². The summed E-state index contributed by atoms with van der Waals surface area (Å²) in [7, 11) is 0. The molecule has 0 bridgehead atoms. The first-order valence-corrected chi connectivity index (χ1v) is 14.9. The minimum Gasteiger partial charge on any atom is -0.351 e. The zero-order chi connectivity index (χ0) is 27.6. The van der Waals surface area contributed by atoms with Crippen molar-refractivity contribution in [3.8, 4) is 0 Å². The molecule has 0 heterocycles. The topological polar surface area (TPSA) is 29.1 Å². The van der Waals surface area contributed by atoms with Crippen LogP contribution in [0.4, 0.5) is 0 Å². The van der Waals surface area contributed by atoms with Crippen LogP contribution in [-0.2, 0) is 18.3 Å². The van der Waals surface area contributed by atoms with Crippen molar-refractivity contribution < 1.29 is 4.79 Å². The summed E-state index contributed by atoms with van der Waals surface area (Å²) in [6.07, 6.45) is 10.3. The molecule has 0 unspecified atom stereocenters. The molecular formula is C37H38ClNO. The van der Waals surface area contributed by atoms with Crippen molar-refractivity contribution in [1.82, 2.24) is 5.32 Å². The number of amides is 1. The van der Waals surface area contributed by atoms with Gasteiger partial charge in [-0.2, -0.15) is 0 Å². The van der Waals surface area contributed by atoms with Gasteiger partial charge in [-0.3, -0.25) is 4.79 Å². The van der Waals surface area contributed by atoms with Gasteiger partial charge in [0.1, 0.15) is 0 Å². The molecule has 4 aromatic rings. The molecule has 1 amide bonds. The van der Waals surface area contributed by atoms with Gasteiger partial charge in [-0.15, -0.1) is 11.6 Å². The summed E-state index contributed by atoms with van der Waals surface area (Å²) < 4.78 is 0. The van der Waals surface area contributed by atoms with E-state index in [4.69, 9.17) is 11.6 Å². The van der Waals surface area contributed by atoms with Crippen LogP contribution >= 0.6 is 11.6 Å². The predicted octanol–water partition coefficient (Wildman–Crippen LogP) is 8.66. The molecule has 0 radical (unpaired) electrons. The molecule has 5 rings (SSSR count). The Hall–Kier alpha value is -3.62. The summed E-state index contributed by atoms with van der Waals surface area (Å²) in [6.45, 7) is 0.551. The molecule has 4 aromatic carbocycles. The van der Waals surface area contributed by atoms with Gasteiger partial charge in [-0.25, -0.2) is 0 Å². The maximum absolute atomic E-state index is 13.1. The number of carbonyl (C=O) groups is 1. The Labute approximate surface area is 244 Å². The number of alkyl halides is 1. The molecule has 3 atom stereocenters. The van der Waals surface area contributed by atoms with Crippen LogP contribution in [0, 0.1) is 0 Å². The van der Waals surface area contributed by atoms with Crippen molar-refractivity contribution >= 4 is 17.5 Å². The van der Waals surface area contributed by atoms with Crippen LogP contribution in [0.5, 0.6) is 0 Å². The van der Waals surface area contributed by atoms with Crippen molar-refractivity contribution in [2.45, 2.75) is 55.2 Å². The zero-order valence-corrected chi connectivity index (χ0v) is 23.8. The lowest BCUT2D eigenvalue weighted by atomic mass is 9.63. The predicted molar refractivity (Wildman–Crippen MR) is 167 cm³/mol. The molecule has 1 aliphatic rings. The van der Waals surface area contributed by atoms with Crippen molar-refractivity contribution in [2.75, 3.05) is 6.54 Å². The Morgan fingerprint density at radius 3 is 2.08 bits per heavy atom. The molecule has 0 aromatic heterocycles. The highest BCUT2D eigenvalue weighted by Gasteiger charge is 2.43. The fourth-order valence-corrected chi connectivity index (χ4v) is 6.68. The third-order valence-corrected chi connectivity index (χ3v) is 8.74. The number of hydrogen-bond donors (Lipinski definition) is 1. The van der Waals surface area contributed by atoms with Gasteiger partial charge in [0.15, 0.2) is 0 Å². The van der Waals surface area contributed by atoms with E-state index in [0.717, 1.165) is 38.5 Å². The van der Waals surface area contributed by atoms with Crippen LogP contribution in [0.3, 0.4) is 0 Å². The van der Waals surface area contributed by atoms with E-state index >= 15 is 0 Å². The van der Waals surface area contributed by atoms with Crippen LogP contribution < -0.4 is 5.32 Å². The minimum atomic E-state index is -0.264. The fraction of sp³-hybridized carbons (Fsp3) is 0.270. The Kier molecular flexibility index (Phi) is 9.52. The second-order valence-corrected chi connectivity index (χ2v) is 11.5. The molecule has 0 saturated heterocycles. The van der Waals surface area contributed by atoms with Gasteiger partial charge < -0.3 is 5.32 Å². The number of halogens is 1. The van der Waals surface area contributed by atoms with Crippen LogP contribution in [0.1, 0.15) is 64.2 Å². The molecule has 0 saturated carbocycles. The van der Waals surface area contributed by atoms with Crippen LogP contribution in [0.2, 0.25) is 0 Å². The second kappa shape index (κ2) is 13.6. The second-order valence-electron chi connectivity index (χ2n) is 11.0. The van der Waals surface area contributed by atoms with E-state index in [-0.39, 0.29) is 22.6 Å². The molecule has 0 fully saturated rings. The molecule has 0 spiro atoms. The quantitative estimate of drug-likeness (QED) is 0.148.